The number of rotatable bonds is 2. The Morgan fingerprint density at radius 3 is 3.12 bits per heavy atom. The summed E-state index contributed by atoms with van der Waals surface area (Å²) >= 11 is 2.00. The zero-order valence-electron chi connectivity index (χ0n) is 9.93. The molecule has 1 aromatic rings. The van der Waals surface area contributed by atoms with E-state index in [1.807, 2.05) is 11.8 Å². The lowest BCUT2D eigenvalue weighted by Gasteiger charge is -2.29. The largest absolute Gasteiger partial charge is 0.338 e. The second-order valence-corrected chi connectivity index (χ2v) is 6.08. The van der Waals surface area contributed by atoms with Crippen LogP contribution in [0.2, 0.25) is 0 Å². The molecule has 0 spiro atoms. The van der Waals surface area contributed by atoms with Gasteiger partial charge in [-0.25, -0.2) is 0 Å². The minimum atomic E-state index is 0.271. The van der Waals surface area contributed by atoms with Crippen LogP contribution >= 0.6 is 11.8 Å². The molecule has 94 valence electrons. The number of nitrogens with zero attached hydrogens (tertiary/aromatic N) is 3. The monoisotopic (exact) mass is 253 g/mol. The third-order valence-corrected chi connectivity index (χ3v) is 4.71. The van der Waals surface area contributed by atoms with Crippen molar-refractivity contribution in [3.05, 3.63) is 5.82 Å². The Hall–Kier alpha value is -0.750. The van der Waals surface area contributed by atoms with Gasteiger partial charge in [0, 0.05) is 30.8 Å². The molecule has 2 atom stereocenters. The van der Waals surface area contributed by atoms with E-state index < -0.39 is 0 Å². The van der Waals surface area contributed by atoms with E-state index in [2.05, 4.69) is 20.1 Å². The lowest BCUT2D eigenvalue weighted by molar-refractivity contribution is 0.500. The van der Waals surface area contributed by atoms with Crippen LogP contribution in [0.3, 0.4) is 0 Å². The average Bonchev–Trinajstić information content (AvgIpc) is 3.00. The van der Waals surface area contributed by atoms with Crippen LogP contribution in [-0.4, -0.2) is 45.8 Å². The van der Waals surface area contributed by atoms with E-state index in [0.717, 1.165) is 37.7 Å². The van der Waals surface area contributed by atoms with Gasteiger partial charge >= 0.3 is 0 Å². The molecular weight excluding hydrogens is 234 g/mol. The Labute approximate surface area is 106 Å². The number of aromatic amines is 1. The molecule has 2 saturated heterocycles. The van der Waals surface area contributed by atoms with Gasteiger partial charge in [-0.3, -0.25) is 5.10 Å². The maximum absolute atomic E-state index is 5.98. The molecule has 0 amide bonds. The maximum Gasteiger partial charge on any atom is 0.244 e. The van der Waals surface area contributed by atoms with Crippen LogP contribution in [0.1, 0.15) is 31.0 Å². The van der Waals surface area contributed by atoms with Crippen LogP contribution < -0.4 is 10.6 Å². The molecule has 0 saturated carbocycles. The molecule has 3 heterocycles. The third-order valence-electron chi connectivity index (χ3n) is 3.55. The van der Waals surface area contributed by atoms with Gasteiger partial charge in [0.1, 0.15) is 5.82 Å². The van der Waals surface area contributed by atoms with E-state index in [-0.39, 0.29) is 6.04 Å². The second-order valence-electron chi connectivity index (χ2n) is 4.93. The minimum absolute atomic E-state index is 0.271. The predicted octanol–water partition coefficient (Wildman–Crippen LogP) is 0.953. The van der Waals surface area contributed by atoms with Gasteiger partial charge in [-0.15, -0.1) is 5.10 Å². The lowest BCUT2D eigenvalue weighted by Crippen LogP contribution is -2.43. The summed E-state index contributed by atoms with van der Waals surface area (Å²) in [5.41, 5.74) is 5.98. The van der Waals surface area contributed by atoms with Crippen molar-refractivity contribution in [1.82, 2.24) is 15.2 Å². The first-order chi connectivity index (χ1) is 8.33. The van der Waals surface area contributed by atoms with Crippen molar-refractivity contribution in [3.8, 4) is 0 Å². The van der Waals surface area contributed by atoms with E-state index in [1.54, 1.807) is 0 Å². The number of hydrogen-bond acceptors (Lipinski definition) is 5. The van der Waals surface area contributed by atoms with Crippen molar-refractivity contribution in [3.63, 3.8) is 0 Å². The molecular formula is C11H19N5S. The number of piperidine rings is 1. The van der Waals surface area contributed by atoms with Gasteiger partial charge in [-0.05, 0) is 25.0 Å². The summed E-state index contributed by atoms with van der Waals surface area (Å²) < 4.78 is 0. The highest BCUT2D eigenvalue weighted by molar-refractivity contribution is 7.99. The number of thioether (sulfide) groups is 1. The summed E-state index contributed by atoms with van der Waals surface area (Å²) in [6, 6.07) is 0.271. The maximum atomic E-state index is 5.98. The standard InChI is InChI=1S/C11H19N5S/c12-9-2-1-4-16(6-9)11-13-10(14-15-11)8-3-5-17-7-8/h8-9H,1-7,12H2,(H,13,14,15). The first-order valence-electron chi connectivity index (χ1n) is 6.33. The Morgan fingerprint density at radius 1 is 1.41 bits per heavy atom. The predicted molar refractivity (Wildman–Crippen MR) is 70.5 cm³/mol. The molecule has 3 rings (SSSR count). The van der Waals surface area contributed by atoms with E-state index in [0.29, 0.717) is 5.92 Å². The highest BCUT2D eigenvalue weighted by Gasteiger charge is 2.24. The molecule has 2 aliphatic rings. The topological polar surface area (TPSA) is 70.8 Å². The van der Waals surface area contributed by atoms with Gasteiger partial charge in [0.2, 0.25) is 5.95 Å². The molecule has 3 N–H and O–H groups in total. The molecule has 0 bridgehead atoms. The van der Waals surface area contributed by atoms with Crippen LogP contribution in [0.15, 0.2) is 0 Å². The molecule has 0 radical (unpaired) electrons. The van der Waals surface area contributed by atoms with Crippen LogP contribution in [0.5, 0.6) is 0 Å². The molecule has 1 aromatic heterocycles. The Morgan fingerprint density at radius 2 is 2.35 bits per heavy atom. The zero-order chi connectivity index (χ0) is 11.7. The Bertz CT molecular complexity index is 374. The van der Waals surface area contributed by atoms with Gasteiger partial charge in [-0.2, -0.15) is 16.7 Å². The zero-order valence-corrected chi connectivity index (χ0v) is 10.7. The van der Waals surface area contributed by atoms with E-state index >= 15 is 0 Å². The van der Waals surface area contributed by atoms with Crippen LogP contribution in [0.4, 0.5) is 5.95 Å². The van der Waals surface area contributed by atoms with E-state index in [1.165, 1.54) is 17.9 Å². The highest BCUT2D eigenvalue weighted by Crippen LogP contribution is 2.31. The molecule has 6 heteroatoms. The molecule has 0 aromatic carbocycles. The van der Waals surface area contributed by atoms with Crippen molar-refractivity contribution >= 4 is 17.7 Å². The summed E-state index contributed by atoms with van der Waals surface area (Å²) in [6.07, 6.45) is 3.48. The van der Waals surface area contributed by atoms with Gasteiger partial charge in [0.05, 0.1) is 0 Å². The average molecular weight is 253 g/mol. The summed E-state index contributed by atoms with van der Waals surface area (Å²) in [5.74, 6) is 4.89. The van der Waals surface area contributed by atoms with Crippen LogP contribution in [0, 0.1) is 0 Å². The fourth-order valence-electron chi connectivity index (χ4n) is 2.53. The fraction of sp³-hybridized carbons (Fsp3) is 0.818. The molecule has 0 aliphatic carbocycles. The van der Waals surface area contributed by atoms with Crippen molar-refractivity contribution in [2.24, 2.45) is 5.73 Å². The summed E-state index contributed by atoms with van der Waals surface area (Å²) in [7, 11) is 0. The van der Waals surface area contributed by atoms with Crippen molar-refractivity contribution in [1.29, 1.82) is 0 Å². The Balaban J connectivity index is 1.70. The van der Waals surface area contributed by atoms with E-state index in [9.17, 15) is 0 Å². The lowest BCUT2D eigenvalue weighted by atomic mass is 10.1. The number of hydrogen-bond donors (Lipinski definition) is 2. The van der Waals surface area contributed by atoms with Gasteiger partial charge < -0.3 is 10.6 Å². The molecule has 5 nitrogen and oxygen atoms in total. The molecule has 17 heavy (non-hydrogen) atoms. The first-order valence-corrected chi connectivity index (χ1v) is 7.49. The molecule has 2 unspecified atom stereocenters. The molecule has 2 fully saturated rings. The molecule has 2 aliphatic heterocycles. The number of H-pyrrole nitrogens is 1. The summed E-state index contributed by atoms with van der Waals surface area (Å²) in [6.45, 7) is 1.92. The summed E-state index contributed by atoms with van der Waals surface area (Å²) in [4.78, 5) is 6.85. The number of nitrogens with two attached hydrogens (primary N) is 1. The highest BCUT2D eigenvalue weighted by atomic mass is 32.2. The smallest absolute Gasteiger partial charge is 0.244 e. The first kappa shape index (κ1) is 11.3. The Kier molecular flexibility index (Phi) is 3.24. The van der Waals surface area contributed by atoms with Crippen LogP contribution in [0.25, 0.3) is 0 Å². The normalized spacial score (nSPS) is 29.8. The second kappa shape index (κ2) is 4.86. The van der Waals surface area contributed by atoms with Gasteiger partial charge in [0.15, 0.2) is 0 Å². The van der Waals surface area contributed by atoms with Gasteiger partial charge in [0.25, 0.3) is 0 Å². The SMILES string of the molecule is NC1CCCN(c2n[nH]c(C3CCSC3)n2)C1. The third kappa shape index (κ3) is 2.42. The van der Waals surface area contributed by atoms with Crippen molar-refractivity contribution in [2.75, 3.05) is 29.5 Å². The quantitative estimate of drug-likeness (QED) is 0.821. The van der Waals surface area contributed by atoms with Crippen LogP contribution in [-0.2, 0) is 0 Å². The summed E-state index contributed by atoms with van der Waals surface area (Å²) in [5, 5.41) is 7.45. The minimum Gasteiger partial charge on any atom is -0.338 e. The number of nitrogens with one attached hydrogen (secondary N) is 1. The van der Waals surface area contributed by atoms with Crippen molar-refractivity contribution in [2.45, 2.75) is 31.2 Å². The van der Waals surface area contributed by atoms with Crippen molar-refractivity contribution < 1.29 is 0 Å². The van der Waals surface area contributed by atoms with E-state index in [4.69, 9.17) is 5.73 Å². The van der Waals surface area contributed by atoms with Gasteiger partial charge in [-0.1, -0.05) is 0 Å². The number of aromatic nitrogens is 3. The number of anilines is 1. The fourth-order valence-corrected chi connectivity index (χ4v) is 3.76.